The summed E-state index contributed by atoms with van der Waals surface area (Å²) in [7, 11) is 1.57. The van der Waals surface area contributed by atoms with Crippen LogP contribution in [-0.4, -0.2) is 48.3 Å². The molecule has 190 valence electrons. The molecule has 0 fully saturated rings. The van der Waals surface area contributed by atoms with Gasteiger partial charge in [-0.25, -0.2) is 4.98 Å². The van der Waals surface area contributed by atoms with Crippen molar-refractivity contribution in [1.29, 1.82) is 0 Å². The minimum absolute atomic E-state index is 0.178. The molecule has 8 nitrogen and oxygen atoms in total. The molecule has 37 heavy (non-hydrogen) atoms. The van der Waals surface area contributed by atoms with Gasteiger partial charge in [0.2, 0.25) is 11.9 Å². The quantitative estimate of drug-likeness (QED) is 0.251. The van der Waals surface area contributed by atoms with Gasteiger partial charge in [0.15, 0.2) is 5.92 Å². The molecule has 0 radical (unpaired) electrons. The number of carbonyl (C=O) groups is 2. The maximum Gasteiger partial charge on any atom is 0.321 e. The average molecular weight is 500 g/mol. The zero-order valence-electron chi connectivity index (χ0n) is 20.9. The molecule has 0 bridgehead atoms. The number of nitrogens with zero attached hydrogens (tertiary/aromatic N) is 3. The van der Waals surface area contributed by atoms with Gasteiger partial charge in [0, 0.05) is 7.11 Å². The maximum atomic E-state index is 13.8. The lowest BCUT2D eigenvalue weighted by Crippen LogP contribution is -2.51. The summed E-state index contributed by atoms with van der Waals surface area (Å²) in [6, 6.07) is 24.5. The van der Waals surface area contributed by atoms with Crippen molar-refractivity contribution >= 4 is 28.9 Å². The van der Waals surface area contributed by atoms with Crippen molar-refractivity contribution in [3.05, 3.63) is 90.0 Å². The molecule has 1 aliphatic rings. The fourth-order valence-corrected chi connectivity index (χ4v) is 4.75. The molecule has 5 rings (SSSR count). The smallest absolute Gasteiger partial charge is 0.321 e. The number of carbonyl (C=O) groups excluding carboxylic acids is 2. The first-order valence-electron chi connectivity index (χ1n) is 12.3. The Labute approximate surface area is 215 Å². The third-order valence-electron chi connectivity index (χ3n) is 6.47. The van der Waals surface area contributed by atoms with Crippen molar-refractivity contribution in [2.75, 3.05) is 31.8 Å². The molecule has 1 aromatic heterocycles. The Morgan fingerprint density at radius 1 is 0.973 bits per heavy atom. The first-order chi connectivity index (χ1) is 18.1. The molecule has 2 atom stereocenters. The van der Waals surface area contributed by atoms with Gasteiger partial charge >= 0.3 is 5.97 Å². The summed E-state index contributed by atoms with van der Waals surface area (Å²) in [5, 5.41) is 0. The van der Waals surface area contributed by atoms with E-state index in [9.17, 15) is 9.59 Å². The molecule has 3 aromatic carbocycles. The fourth-order valence-electron chi connectivity index (χ4n) is 4.75. The van der Waals surface area contributed by atoms with Gasteiger partial charge in [0.25, 0.3) is 0 Å². The van der Waals surface area contributed by atoms with Gasteiger partial charge in [-0.3, -0.25) is 14.5 Å². The van der Waals surface area contributed by atoms with Gasteiger partial charge in [-0.15, -0.1) is 0 Å². The van der Waals surface area contributed by atoms with Crippen LogP contribution in [0.3, 0.4) is 0 Å². The Morgan fingerprint density at radius 2 is 1.70 bits per heavy atom. The van der Waals surface area contributed by atoms with Gasteiger partial charge in [0.05, 0.1) is 36.8 Å². The highest BCUT2D eigenvalue weighted by atomic mass is 16.5. The highest BCUT2D eigenvalue weighted by molar-refractivity contribution is 6.08. The number of anilines is 1. The van der Waals surface area contributed by atoms with Crippen molar-refractivity contribution in [1.82, 2.24) is 9.55 Å². The van der Waals surface area contributed by atoms with Gasteiger partial charge < -0.3 is 18.8 Å². The molecule has 0 spiro atoms. The second-order valence-electron chi connectivity index (χ2n) is 8.77. The normalized spacial score (nSPS) is 17.0. The first-order valence-corrected chi connectivity index (χ1v) is 12.3. The Bertz CT molecular complexity index is 1380. The van der Waals surface area contributed by atoms with E-state index in [-0.39, 0.29) is 19.1 Å². The summed E-state index contributed by atoms with van der Waals surface area (Å²) in [5.41, 5.74) is 3.42. The van der Waals surface area contributed by atoms with Gasteiger partial charge in [0.1, 0.15) is 12.4 Å². The van der Waals surface area contributed by atoms with Crippen LogP contribution < -0.4 is 9.64 Å². The minimum atomic E-state index is -1.07. The van der Waals surface area contributed by atoms with E-state index < -0.39 is 17.9 Å². The van der Waals surface area contributed by atoms with Crippen LogP contribution in [0.5, 0.6) is 5.75 Å². The van der Waals surface area contributed by atoms with E-state index in [1.807, 2.05) is 83.4 Å². The Morgan fingerprint density at radius 3 is 2.43 bits per heavy atom. The summed E-state index contributed by atoms with van der Waals surface area (Å²) in [4.78, 5) is 33.3. The van der Waals surface area contributed by atoms with E-state index >= 15 is 0 Å². The second-order valence-corrected chi connectivity index (χ2v) is 8.77. The third kappa shape index (κ3) is 4.80. The van der Waals surface area contributed by atoms with Crippen LogP contribution >= 0.6 is 0 Å². The van der Waals surface area contributed by atoms with Gasteiger partial charge in [-0.1, -0.05) is 54.6 Å². The predicted molar refractivity (Wildman–Crippen MR) is 139 cm³/mol. The van der Waals surface area contributed by atoms with Crippen LogP contribution in [-0.2, 0) is 25.7 Å². The second kappa shape index (κ2) is 10.8. The lowest BCUT2D eigenvalue weighted by atomic mass is 9.89. The largest absolute Gasteiger partial charge is 0.489 e. The number of imidazole rings is 1. The molecule has 1 aliphatic heterocycles. The van der Waals surface area contributed by atoms with Crippen LogP contribution in [0.25, 0.3) is 11.0 Å². The fraction of sp³-hybridized carbons (Fsp3) is 0.276. The van der Waals surface area contributed by atoms with Crippen LogP contribution in [0.4, 0.5) is 5.95 Å². The predicted octanol–water partition coefficient (Wildman–Crippen LogP) is 4.38. The molecular formula is C29H29N3O5. The van der Waals surface area contributed by atoms with Crippen LogP contribution in [0.2, 0.25) is 0 Å². The highest BCUT2D eigenvalue weighted by Gasteiger charge is 2.47. The van der Waals surface area contributed by atoms with Gasteiger partial charge in [-0.05, 0) is 42.3 Å². The number of esters is 1. The number of hydrogen-bond acceptors (Lipinski definition) is 6. The number of para-hydroxylation sites is 2. The number of fused-ring (bicyclic) bond motifs is 3. The van der Waals surface area contributed by atoms with E-state index in [0.29, 0.717) is 24.9 Å². The molecular weight excluding hydrogens is 470 g/mol. The summed E-state index contributed by atoms with van der Waals surface area (Å²) >= 11 is 0. The number of ether oxygens (including phenoxy) is 3. The minimum Gasteiger partial charge on any atom is -0.489 e. The van der Waals surface area contributed by atoms with Crippen molar-refractivity contribution in [2.45, 2.75) is 19.6 Å². The third-order valence-corrected chi connectivity index (χ3v) is 6.47. The summed E-state index contributed by atoms with van der Waals surface area (Å²) in [5.74, 6) is -0.809. The number of methoxy groups -OCH3 is 1. The number of rotatable bonds is 9. The number of amides is 1. The van der Waals surface area contributed by atoms with Crippen molar-refractivity contribution < 1.29 is 23.8 Å². The highest BCUT2D eigenvalue weighted by Crippen LogP contribution is 2.41. The molecule has 0 saturated carbocycles. The Kier molecular flexibility index (Phi) is 7.18. The summed E-state index contributed by atoms with van der Waals surface area (Å²) in [6.07, 6.45) is 0. The molecule has 0 saturated heterocycles. The first kappa shape index (κ1) is 24.5. The molecule has 0 aliphatic carbocycles. The number of benzene rings is 3. The van der Waals surface area contributed by atoms with E-state index in [0.717, 1.165) is 22.2 Å². The summed E-state index contributed by atoms with van der Waals surface area (Å²) in [6.45, 7) is 2.94. The van der Waals surface area contributed by atoms with Crippen molar-refractivity contribution in [3.8, 4) is 5.75 Å². The van der Waals surface area contributed by atoms with E-state index in [1.54, 1.807) is 14.0 Å². The maximum absolute atomic E-state index is 13.8. The van der Waals surface area contributed by atoms with Crippen LogP contribution in [0.1, 0.15) is 24.1 Å². The lowest BCUT2D eigenvalue weighted by molar-refractivity contribution is -0.153. The molecule has 8 heteroatoms. The zero-order chi connectivity index (χ0) is 25.8. The average Bonchev–Trinajstić information content (AvgIpc) is 3.31. The molecule has 4 aromatic rings. The van der Waals surface area contributed by atoms with Crippen molar-refractivity contribution in [2.24, 2.45) is 5.92 Å². The van der Waals surface area contributed by atoms with Gasteiger partial charge in [-0.2, -0.15) is 0 Å². The standard InChI is InChI=1S/C29H29N3O5/c1-3-36-28(34)25-26(21-13-15-22(16-14-21)37-19-20-9-5-4-6-10-20)32-24-12-8-7-11-23(24)30-29(32)31(27(25)33)17-18-35-2/h4-16,25-26H,3,17-19H2,1-2H3/t25-,26-/m1/s1. The summed E-state index contributed by atoms with van der Waals surface area (Å²) < 4.78 is 18.6. The zero-order valence-corrected chi connectivity index (χ0v) is 20.9. The number of aromatic nitrogens is 2. The van der Waals surface area contributed by atoms with E-state index in [2.05, 4.69) is 0 Å². The van der Waals surface area contributed by atoms with E-state index in [4.69, 9.17) is 19.2 Å². The Hall–Kier alpha value is -4.17. The Balaban J connectivity index is 1.56. The molecule has 1 amide bonds. The molecule has 0 unspecified atom stereocenters. The SMILES string of the molecule is CCOC(=O)[C@H]1C(=O)N(CCOC)c2nc3ccccc3n2[C@@H]1c1ccc(OCc2ccccc2)cc1. The molecule has 0 N–H and O–H groups in total. The lowest BCUT2D eigenvalue weighted by Gasteiger charge is -2.37. The molecule has 2 heterocycles. The van der Waals surface area contributed by atoms with Crippen LogP contribution in [0.15, 0.2) is 78.9 Å². The monoisotopic (exact) mass is 499 g/mol. The van der Waals surface area contributed by atoms with E-state index in [1.165, 1.54) is 4.90 Å². The topological polar surface area (TPSA) is 82.9 Å². The number of hydrogen-bond donors (Lipinski definition) is 0. The van der Waals surface area contributed by atoms with Crippen LogP contribution in [0, 0.1) is 5.92 Å². The van der Waals surface area contributed by atoms with Crippen molar-refractivity contribution in [3.63, 3.8) is 0 Å².